The number of nitrogen functional groups attached to an aromatic ring is 1. The zero-order valence-electron chi connectivity index (χ0n) is 11.8. The second kappa shape index (κ2) is 6.10. The van der Waals surface area contributed by atoms with Gasteiger partial charge in [-0.3, -0.25) is 5.41 Å². The molecule has 0 bridgehead atoms. The van der Waals surface area contributed by atoms with Gasteiger partial charge in [0, 0.05) is 30.4 Å². The van der Waals surface area contributed by atoms with Gasteiger partial charge >= 0.3 is 0 Å². The van der Waals surface area contributed by atoms with Gasteiger partial charge in [-0.05, 0) is 18.2 Å². The number of rotatable bonds is 5. The van der Waals surface area contributed by atoms with E-state index in [1.54, 1.807) is 7.11 Å². The number of nitrogens with zero attached hydrogens (tertiary/aromatic N) is 1. The quantitative estimate of drug-likeness (QED) is 0.648. The summed E-state index contributed by atoms with van der Waals surface area (Å²) in [5.41, 5.74) is 8.40. The number of anilines is 1. The molecule has 0 saturated carbocycles. The molecule has 0 aliphatic rings. The minimum absolute atomic E-state index is 0.0764. The molecule has 0 fully saturated rings. The van der Waals surface area contributed by atoms with Gasteiger partial charge in [-0.2, -0.15) is 0 Å². The van der Waals surface area contributed by atoms with Crippen LogP contribution in [-0.4, -0.2) is 20.0 Å². The summed E-state index contributed by atoms with van der Waals surface area (Å²) in [5, 5.41) is 7.65. The van der Waals surface area contributed by atoms with E-state index in [4.69, 9.17) is 15.9 Å². The van der Waals surface area contributed by atoms with E-state index in [-0.39, 0.29) is 5.84 Å². The van der Waals surface area contributed by atoms with E-state index in [0.29, 0.717) is 6.54 Å². The molecule has 0 aliphatic carbocycles. The van der Waals surface area contributed by atoms with Crippen LogP contribution < -0.4 is 15.4 Å². The Labute approximate surface area is 119 Å². The molecule has 4 nitrogen and oxygen atoms in total. The molecule has 0 aliphatic heterocycles. The second-order valence-electron chi connectivity index (χ2n) is 4.60. The highest BCUT2D eigenvalue weighted by Crippen LogP contribution is 2.24. The average molecular weight is 269 g/mol. The average Bonchev–Trinajstić information content (AvgIpc) is 2.47. The Morgan fingerprint density at radius 3 is 2.50 bits per heavy atom. The van der Waals surface area contributed by atoms with Crippen molar-refractivity contribution in [1.29, 1.82) is 5.41 Å². The van der Waals surface area contributed by atoms with Crippen molar-refractivity contribution >= 4 is 11.5 Å². The van der Waals surface area contributed by atoms with Gasteiger partial charge in [-0.25, -0.2) is 0 Å². The monoisotopic (exact) mass is 269 g/mol. The number of nitrogens with two attached hydrogens (primary N) is 1. The van der Waals surface area contributed by atoms with Crippen molar-refractivity contribution < 1.29 is 4.74 Å². The lowest BCUT2D eigenvalue weighted by molar-refractivity contribution is 0.409. The van der Waals surface area contributed by atoms with Crippen LogP contribution in [0, 0.1) is 5.41 Å². The third-order valence-electron chi connectivity index (χ3n) is 3.21. The number of ether oxygens (including phenoxy) is 1. The number of amidine groups is 1. The molecule has 0 spiro atoms. The molecular formula is C16H19N3O. The Hall–Kier alpha value is -2.49. The standard InChI is InChI=1S/C16H19N3O/c1-19(11-12-7-3-6-10-15(12)20-2)14-9-5-4-8-13(14)16(17)18/h3-10H,11H2,1-2H3,(H3,17,18). The Bertz CT molecular complexity index is 610. The minimum Gasteiger partial charge on any atom is -0.496 e. The summed E-state index contributed by atoms with van der Waals surface area (Å²) < 4.78 is 5.37. The Morgan fingerprint density at radius 1 is 1.15 bits per heavy atom. The number of methoxy groups -OCH3 is 1. The summed E-state index contributed by atoms with van der Waals surface area (Å²) in [5.74, 6) is 0.937. The molecule has 0 radical (unpaired) electrons. The minimum atomic E-state index is 0.0764. The van der Waals surface area contributed by atoms with Crippen LogP contribution in [0.3, 0.4) is 0 Å². The van der Waals surface area contributed by atoms with Gasteiger partial charge in [0.1, 0.15) is 11.6 Å². The topological polar surface area (TPSA) is 62.3 Å². The predicted octanol–water partition coefficient (Wildman–Crippen LogP) is 2.62. The second-order valence-corrected chi connectivity index (χ2v) is 4.60. The molecule has 4 heteroatoms. The van der Waals surface area contributed by atoms with Crippen LogP contribution >= 0.6 is 0 Å². The van der Waals surface area contributed by atoms with Gasteiger partial charge in [0.25, 0.3) is 0 Å². The van der Waals surface area contributed by atoms with Crippen LogP contribution in [0.4, 0.5) is 5.69 Å². The fourth-order valence-electron chi connectivity index (χ4n) is 2.21. The van der Waals surface area contributed by atoms with E-state index in [9.17, 15) is 0 Å². The molecule has 2 aromatic rings. The van der Waals surface area contributed by atoms with Gasteiger partial charge in [0.2, 0.25) is 0 Å². The lowest BCUT2D eigenvalue weighted by Crippen LogP contribution is -2.22. The highest BCUT2D eigenvalue weighted by Gasteiger charge is 2.11. The van der Waals surface area contributed by atoms with E-state index in [1.807, 2.05) is 55.6 Å². The number of para-hydroxylation sites is 2. The first-order chi connectivity index (χ1) is 9.63. The van der Waals surface area contributed by atoms with Gasteiger partial charge < -0.3 is 15.4 Å². The molecule has 2 aromatic carbocycles. The molecule has 0 aromatic heterocycles. The first kappa shape index (κ1) is 13.9. The Kier molecular flexibility index (Phi) is 4.25. The number of hydrogen-bond donors (Lipinski definition) is 2. The molecule has 20 heavy (non-hydrogen) atoms. The molecule has 0 atom stereocenters. The lowest BCUT2D eigenvalue weighted by atomic mass is 10.1. The van der Waals surface area contributed by atoms with E-state index < -0.39 is 0 Å². The maximum absolute atomic E-state index is 7.65. The van der Waals surface area contributed by atoms with Crippen molar-refractivity contribution in [3.05, 3.63) is 59.7 Å². The summed E-state index contributed by atoms with van der Waals surface area (Å²) in [6.07, 6.45) is 0. The smallest absolute Gasteiger partial charge is 0.124 e. The molecule has 3 N–H and O–H groups in total. The third-order valence-corrected chi connectivity index (χ3v) is 3.21. The van der Waals surface area contributed by atoms with Gasteiger partial charge in [-0.15, -0.1) is 0 Å². The van der Waals surface area contributed by atoms with Crippen molar-refractivity contribution in [2.75, 3.05) is 19.1 Å². The van der Waals surface area contributed by atoms with Crippen LogP contribution in [-0.2, 0) is 6.54 Å². The molecular weight excluding hydrogens is 250 g/mol. The van der Waals surface area contributed by atoms with Crippen LogP contribution in [0.25, 0.3) is 0 Å². The van der Waals surface area contributed by atoms with Crippen molar-refractivity contribution in [3.63, 3.8) is 0 Å². The van der Waals surface area contributed by atoms with Crippen LogP contribution in [0.1, 0.15) is 11.1 Å². The summed E-state index contributed by atoms with van der Waals surface area (Å²) in [6.45, 7) is 0.689. The molecule has 0 saturated heterocycles. The van der Waals surface area contributed by atoms with E-state index in [1.165, 1.54) is 0 Å². The molecule has 0 amide bonds. The summed E-state index contributed by atoms with van der Waals surface area (Å²) in [7, 11) is 3.65. The zero-order chi connectivity index (χ0) is 14.5. The highest BCUT2D eigenvalue weighted by atomic mass is 16.5. The van der Waals surface area contributed by atoms with Gasteiger partial charge in [0.15, 0.2) is 0 Å². The number of nitrogens with one attached hydrogen (secondary N) is 1. The lowest BCUT2D eigenvalue weighted by Gasteiger charge is -2.23. The Morgan fingerprint density at radius 2 is 1.80 bits per heavy atom. The Balaban J connectivity index is 2.29. The number of hydrogen-bond acceptors (Lipinski definition) is 3. The highest BCUT2D eigenvalue weighted by molar-refractivity contribution is 6.00. The summed E-state index contributed by atoms with van der Waals surface area (Å²) in [4.78, 5) is 2.06. The maximum atomic E-state index is 7.65. The number of benzene rings is 2. The zero-order valence-corrected chi connectivity index (χ0v) is 11.8. The first-order valence-corrected chi connectivity index (χ1v) is 6.40. The first-order valence-electron chi connectivity index (χ1n) is 6.40. The molecule has 2 rings (SSSR count). The van der Waals surface area contributed by atoms with Crippen LogP contribution in [0.2, 0.25) is 0 Å². The van der Waals surface area contributed by atoms with Gasteiger partial charge in [-0.1, -0.05) is 30.3 Å². The van der Waals surface area contributed by atoms with E-state index in [0.717, 1.165) is 22.6 Å². The van der Waals surface area contributed by atoms with Crippen molar-refractivity contribution in [2.24, 2.45) is 5.73 Å². The maximum Gasteiger partial charge on any atom is 0.124 e. The SMILES string of the molecule is COc1ccccc1CN(C)c1ccccc1C(=N)N. The summed E-state index contributed by atoms with van der Waals surface area (Å²) >= 11 is 0. The van der Waals surface area contributed by atoms with Crippen molar-refractivity contribution in [2.45, 2.75) is 6.54 Å². The van der Waals surface area contributed by atoms with Crippen molar-refractivity contribution in [3.8, 4) is 5.75 Å². The van der Waals surface area contributed by atoms with Crippen LogP contribution in [0.5, 0.6) is 5.75 Å². The van der Waals surface area contributed by atoms with E-state index >= 15 is 0 Å². The molecule has 0 unspecified atom stereocenters. The largest absolute Gasteiger partial charge is 0.496 e. The van der Waals surface area contributed by atoms with Crippen molar-refractivity contribution in [1.82, 2.24) is 0 Å². The van der Waals surface area contributed by atoms with Crippen LogP contribution in [0.15, 0.2) is 48.5 Å². The van der Waals surface area contributed by atoms with Gasteiger partial charge in [0.05, 0.1) is 7.11 Å². The van der Waals surface area contributed by atoms with E-state index in [2.05, 4.69) is 4.90 Å². The molecule has 0 heterocycles. The molecule has 104 valence electrons. The fourth-order valence-corrected chi connectivity index (χ4v) is 2.21. The normalized spacial score (nSPS) is 10.1. The third kappa shape index (κ3) is 2.91. The fraction of sp³-hybridized carbons (Fsp3) is 0.188. The predicted molar refractivity (Wildman–Crippen MR) is 82.6 cm³/mol. The summed E-state index contributed by atoms with van der Waals surface area (Å²) in [6, 6.07) is 15.6.